The number of hydrogen-bond donors (Lipinski definition) is 3. The molecule has 0 aliphatic carbocycles. The van der Waals surface area contributed by atoms with Crippen LogP contribution in [0.2, 0.25) is 0 Å². The fraction of sp³-hybridized carbons (Fsp3) is 0.364. The molecular weight excluding hydrogens is 366 g/mol. The number of nitrogens with one attached hydrogen (secondary N) is 2. The zero-order valence-electron chi connectivity index (χ0n) is 17.1. The van der Waals surface area contributed by atoms with E-state index in [0.29, 0.717) is 22.5 Å². The Labute approximate surface area is 170 Å². The minimum Gasteiger partial charge on any atom is -0.507 e. The van der Waals surface area contributed by atoms with E-state index in [4.69, 9.17) is 0 Å². The standard InChI is InChI=1S/C22H27N5O2/c1-14-4-5-17(24-16-6-8-26(2)9-7-16)12-19(14)25-22(29)15-10-20-18(21(28)11-15)13-23-27(20)3/h4-5,10-13,16,24,28H,6-9H2,1-3H3,(H,25,29). The van der Waals surface area contributed by atoms with Crippen LogP contribution in [0.5, 0.6) is 5.75 Å². The van der Waals surface area contributed by atoms with Crippen LogP contribution in [0.25, 0.3) is 10.9 Å². The number of amides is 1. The fourth-order valence-corrected chi connectivity index (χ4v) is 3.79. The summed E-state index contributed by atoms with van der Waals surface area (Å²) >= 11 is 0. The summed E-state index contributed by atoms with van der Waals surface area (Å²) in [4.78, 5) is 15.2. The van der Waals surface area contributed by atoms with Crippen LogP contribution in [0, 0.1) is 6.92 Å². The number of hydrogen-bond acceptors (Lipinski definition) is 5. The van der Waals surface area contributed by atoms with Gasteiger partial charge in [-0.15, -0.1) is 0 Å². The quantitative estimate of drug-likeness (QED) is 0.633. The predicted octanol–water partition coefficient (Wildman–Crippen LogP) is 3.35. The van der Waals surface area contributed by atoms with E-state index in [2.05, 4.69) is 33.7 Å². The van der Waals surface area contributed by atoms with Gasteiger partial charge in [-0.2, -0.15) is 5.10 Å². The van der Waals surface area contributed by atoms with Gasteiger partial charge >= 0.3 is 0 Å². The third-order valence-corrected chi connectivity index (χ3v) is 5.68. The summed E-state index contributed by atoms with van der Waals surface area (Å²) in [6.07, 6.45) is 3.81. The minimum absolute atomic E-state index is 0.0511. The second kappa shape index (κ2) is 7.75. The van der Waals surface area contributed by atoms with Gasteiger partial charge in [-0.3, -0.25) is 9.48 Å². The fourth-order valence-electron chi connectivity index (χ4n) is 3.79. The van der Waals surface area contributed by atoms with E-state index in [1.165, 1.54) is 6.07 Å². The average Bonchev–Trinajstić information content (AvgIpc) is 3.08. The van der Waals surface area contributed by atoms with Crippen molar-refractivity contribution in [2.45, 2.75) is 25.8 Å². The number of carbonyl (C=O) groups excluding carboxylic acids is 1. The highest BCUT2D eigenvalue weighted by Gasteiger charge is 2.17. The Morgan fingerprint density at radius 2 is 1.93 bits per heavy atom. The van der Waals surface area contributed by atoms with Gasteiger partial charge in [-0.1, -0.05) is 6.07 Å². The van der Waals surface area contributed by atoms with E-state index in [9.17, 15) is 9.90 Å². The molecule has 1 aliphatic heterocycles. The van der Waals surface area contributed by atoms with Gasteiger partial charge in [-0.25, -0.2) is 0 Å². The van der Waals surface area contributed by atoms with E-state index in [-0.39, 0.29) is 11.7 Å². The number of phenolic OH excluding ortho intramolecular Hbond substituents is 1. The van der Waals surface area contributed by atoms with E-state index in [0.717, 1.165) is 42.9 Å². The number of anilines is 2. The maximum Gasteiger partial charge on any atom is 0.255 e. The normalized spacial score (nSPS) is 15.6. The first kappa shape index (κ1) is 19.3. The number of fused-ring (bicyclic) bond motifs is 1. The molecule has 0 unspecified atom stereocenters. The largest absolute Gasteiger partial charge is 0.507 e. The summed E-state index contributed by atoms with van der Waals surface area (Å²) < 4.78 is 1.64. The molecule has 1 amide bonds. The number of nitrogens with zero attached hydrogens (tertiary/aromatic N) is 3. The van der Waals surface area contributed by atoms with Crippen LogP contribution in [0.15, 0.2) is 36.5 Å². The van der Waals surface area contributed by atoms with E-state index in [1.54, 1.807) is 24.0 Å². The summed E-state index contributed by atoms with van der Waals surface area (Å²) in [6.45, 7) is 4.15. The number of benzene rings is 2. The molecule has 1 fully saturated rings. The molecule has 7 heteroatoms. The highest BCUT2D eigenvalue weighted by Crippen LogP contribution is 2.28. The maximum absolute atomic E-state index is 12.9. The van der Waals surface area contributed by atoms with E-state index in [1.807, 2.05) is 19.1 Å². The number of aryl methyl sites for hydroxylation is 2. The van der Waals surface area contributed by atoms with Crippen molar-refractivity contribution >= 4 is 28.2 Å². The first-order valence-corrected chi connectivity index (χ1v) is 9.92. The van der Waals surface area contributed by atoms with Crippen molar-refractivity contribution in [2.24, 2.45) is 7.05 Å². The molecule has 1 aromatic heterocycles. The Kier molecular flexibility index (Phi) is 5.15. The molecule has 4 rings (SSSR count). The zero-order chi connectivity index (χ0) is 20.5. The monoisotopic (exact) mass is 393 g/mol. The van der Waals surface area contributed by atoms with Crippen LogP contribution in [0.3, 0.4) is 0 Å². The average molecular weight is 393 g/mol. The van der Waals surface area contributed by atoms with Crippen molar-refractivity contribution in [2.75, 3.05) is 30.8 Å². The molecule has 0 atom stereocenters. The summed E-state index contributed by atoms with van der Waals surface area (Å²) in [5.74, 6) is -0.210. The smallest absolute Gasteiger partial charge is 0.255 e. The number of carbonyl (C=O) groups is 1. The van der Waals surface area contributed by atoms with Crippen molar-refractivity contribution in [1.82, 2.24) is 14.7 Å². The van der Waals surface area contributed by atoms with Gasteiger partial charge in [0.2, 0.25) is 0 Å². The molecule has 152 valence electrons. The summed E-state index contributed by atoms with van der Waals surface area (Å²) in [7, 11) is 3.93. The van der Waals surface area contributed by atoms with Crippen LogP contribution in [0.1, 0.15) is 28.8 Å². The molecule has 1 saturated heterocycles. The van der Waals surface area contributed by atoms with Gasteiger partial charge < -0.3 is 20.6 Å². The molecule has 2 heterocycles. The Bertz CT molecular complexity index is 1050. The lowest BCUT2D eigenvalue weighted by Gasteiger charge is -2.30. The number of phenols is 1. The van der Waals surface area contributed by atoms with Gasteiger partial charge in [0.25, 0.3) is 5.91 Å². The summed E-state index contributed by atoms with van der Waals surface area (Å²) in [5, 5.41) is 21.6. The van der Waals surface area contributed by atoms with Crippen LogP contribution in [-0.2, 0) is 7.05 Å². The second-order valence-electron chi connectivity index (χ2n) is 7.90. The first-order valence-electron chi connectivity index (χ1n) is 9.92. The van der Waals surface area contributed by atoms with Gasteiger partial charge in [0.15, 0.2) is 0 Å². The van der Waals surface area contributed by atoms with Crippen molar-refractivity contribution < 1.29 is 9.90 Å². The molecule has 0 bridgehead atoms. The molecule has 7 nitrogen and oxygen atoms in total. The van der Waals surface area contributed by atoms with Crippen LogP contribution in [-0.4, -0.2) is 51.9 Å². The Morgan fingerprint density at radius 3 is 2.69 bits per heavy atom. The number of likely N-dealkylation sites (tertiary alicyclic amines) is 1. The van der Waals surface area contributed by atoms with Gasteiger partial charge in [-0.05, 0) is 69.7 Å². The second-order valence-corrected chi connectivity index (χ2v) is 7.90. The van der Waals surface area contributed by atoms with Crippen molar-refractivity contribution in [3.63, 3.8) is 0 Å². The molecule has 2 aromatic carbocycles. The lowest BCUT2D eigenvalue weighted by molar-refractivity contribution is 0.102. The lowest BCUT2D eigenvalue weighted by atomic mass is 10.0. The third kappa shape index (κ3) is 4.05. The molecular formula is C22H27N5O2. The Balaban J connectivity index is 1.53. The summed E-state index contributed by atoms with van der Waals surface area (Å²) in [5.41, 5.74) is 3.86. The molecule has 0 saturated carbocycles. The number of aromatic hydroxyl groups is 1. The Morgan fingerprint density at radius 1 is 1.17 bits per heavy atom. The molecule has 0 spiro atoms. The molecule has 3 aromatic rings. The first-order chi connectivity index (χ1) is 13.9. The topological polar surface area (TPSA) is 82.4 Å². The molecule has 3 N–H and O–H groups in total. The minimum atomic E-state index is -0.261. The molecule has 29 heavy (non-hydrogen) atoms. The number of aromatic nitrogens is 2. The van der Waals surface area contributed by atoms with E-state index < -0.39 is 0 Å². The highest BCUT2D eigenvalue weighted by atomic mass is 16.3. The maximum atomic E-state index is 12.9. The van der Waals surface area contributed by atoms with Gasteiger partial charge in [0, 0.05) is 30.0 Å². The highest BCUT2D eigenvalue weighted by molar-refractivity contribution is 6.07. The van der Waals surface area contributed by atoms with Crippen LogP contribution in [0.4, 0.5) is 11.4 Å². The van der Waals surface area contributed by atoms with Crippen molar-refractivity contribution in [1.29, 1.82) is 0 Å². The Hall–Kier alpha value is -3.06. The van der Waals surface area contributed by atoms with Crippen LogP contribution >= 0.6 is 0 Å². The van der Waals surface area contributed by atoms with Gasteiger partial charge in [0.1, 0.15) is 5.75 Å². The third-order valence-electron chi connectivity index (χ3n) is 5.68. The zero-order valence-corrected chi connectivity index (χ0v) is 17.1. The van der Waals surface area contributed by atoms with Crippen LogP contribution < -0.4 is 10.6 Å². The van der Waals surface area contributed by atoms with Gasteiger partial charge in [0.05, 0.1) is 17.1 Å². The van der Waals surface area contributed by atoms with Crippen molar-refractivity contribution in [3.05, 3.63) is 47.7 Å². The molecule has 1 aliphatic rings. The SMILES string of the molecule is Cc1ccc(NC2CCN(C)CC2)cc1NC(=O)c1cc(O)c2cnn(C)c2c1. The number of rotatable bonds is 4. The lowest BCUT2D eigenvalue weighted by Crippen LogP contribution is -2.36. The van der Waals surface area contributed by atoms with E-state index >= 15 is 0 Å². The molecule has 0 radical (unpaired) electrons. The van der Waals surface area contributed by atoms with Crippen molar-refractivity contribution in [3.8, 4) is 5.75 Å². The number of piperidine rings is 1. The predicted molar refractivity (Wildman–Crippen MR) is 116 cm³/mol. The summed E-state index contributed by atoms with van der Waals surface area (Å²) in [6, 6.07) is 9.71.